The normalized spacial score (nSPS) is 11.9. The van der Waals surface area contributed by atoms with Gasteiger partial charge in [0.25, 0.3) is 0 Å². The summed E-state index contributed by atoms with van der Waals surface area (Å²) in [5, 5.41) is 44.1. The summed E-state index contributed by atoms with van der Waals surface area (Å²) in [4.78, 5) is 41.8. The van der Waals surface area contributed by atoms with Crippen LogP contribution in [0.1, 0.15) is 29.0 Å². The predicted octanol–water partition coefficient (Wildman–Crippen LogP) is 7.81. The molecule has 0 amide bonds. The average Bonchev–Trinajstić information content (AvgIpc) is 4.04. The zero-order valence-corrected chi connectivity index (χ0v) is 35.0. The van der Waals surface area contributed by atoms with Gasteiger partial charge >= 0.3 is 58.9 Å². The third kappa shape index (κ3) is 18.1. The molecule has 0 N–H and O–H groups in total. The van der Waals surface area contributed by atoms with Gasteiger partial charge in [-0.1, -0.05) is 30.3 Å². The molecule has 0 aliphatic carbocycles. The number of thiophene rings is 3. The van der Waals surface area contributed by atoms with Crippen molar-refractivity contribution in [1.82, 2.24) is 20.2 Å². The van der Waals surface area contributed by atoms with E-state index < -0.39 is 53.2 Å². The van der Waals surface area contributed by atoms with Crippen LogP contribution in [0.15, 0.2) is 149 Å². The molecule has 0 atom stereocenters. The number of aromatic nitrogens is 4. The van der Waals surface area contributed by atoms with Crippen LogP contribution in [0.5, 0.6) is 0 Å². The van der Waals surface area contributed by atoms with Crippen molar-refractivity contribution >= 4 is 51.4 Å². The first-order valence-electron chi connectivity index (χ1n) is 15.9. The molecule has 0 aliphatic rings. The Kier molecular flexibility index (Phi) is 20.7. The summed E-state index contributed by atoms with van der Waals surface area (Å²) in [7, 11) is 0. The monoisotopic (exact) mass is 1050 g/mol. The van der Waals surface area contributed by atoms with Gasteiger partial charge in [0.1, 0.15) is 11.4 Å². The van der Waals surface area contributed by atoms with Crippen molar-refractivity contribution in [2.24, 2.45) is 0 Å². The Balaban J connectivity index is 0.000000281. The zero-order valence-electron chi connectivity index (χ0n) is 30.0. The smallest absolute Gasteiger partial charge is 0.869 e. The molecular formula is C38H22F9N4O6S3Sm. The second kappa shape index (κ2) is 24.3. The molecule has 1 radical (unpaired) electrons. The van der Waals surface area contributed by atoms with Crippen LogP contribution in [0.2, 0.25) is 0 Å². The van der Waals surface area contributed by atoms with Crippen LogP contribution in [-0.4, -0.2) is 56.0 Å². The Hall–Kier alpha value is -5.18. The first-order valence-corrected chi connectivity index (χ1v) is 18.6. The average molecular weight is 1050 g/mol. The molecule has 0 bridgehead atoms. The molecule has 6 heterocycles. The molecule has 0 aliphatic heterocycles. The van der Waals surface area contributed by atoms with E-state index in [1.165, 1.54) is 36.4 Å². The van der Waals surface area contributed by atoms with E-state index in [4.69, 9.17) is 0 Å². The molecule has 0 unspecified atom stereocenters. The van der Waals surface area contributed by atoms with Crippen molar-refractivity contribution in [3.63, 3.8) is 0 Å². The van der Waals surface area contributed by atoms with Crippen LogP contribution in [0, 0.1) is 40.4 Å². The van der Waals surface area contributed by atoms with Gasteiger partial charge < -0.3 is 15.3 Å². The minimum atomic E-state index is -4.98. The summed E-state index contributed by atoms with van der Waals surface area (Å²) in [6, 6.07) is 23.8. The first kappa shape index (κ1) is 52.0. The first-order chi connectivity index (χ1) is 28.2. The van der Waals surface area contributed by atoms with Gasteiger partial charge in [0.05, 0.1) is 26.0 Å². The van der Waals surface area contributed by atoms with E-state index in [0.29, 0.717) is 0 Å². The van der Waals surface area contributed by atoms with Crippen molar-refractivity contribution in [3.8, 4) is 22.8 Å². The van der Waals surface area contributed by atoms with E-state index >= 15 is 0 Å². The van der Waals surface area contributed by atoms with Crippen LogP contribution in [-0.2, 0) is 0 Å². The number of carbonyl (C=O) groups excluding carboxylic acids is 3. The topological polar surface area (TPSA) is 172 Å². The largest absolute Gasteiger partial charge is 3.00 e. The number of halogens is 9. The van der Waals surface area contributed by atoms with E-state index in [1.807, 2.05) is 48.5 Å². The SMILES string of the molecule is O=C(/C=C(\[O-])C(F)(F)F)c1cccs1.O=C(/C=C(\[O-])C(F)(F)F)c1cccs1.O=C(/C=C(\[O-])C(F)(F)F)c1cccs1.[Sm+3].c1ccc(-c2ccc(-c3ccccn3)nn2)nc1. The summed E-state index contributed by atoms with van der Waals surface area (Å²) in [6.07, 6.45) is -11.3. The molecule has 0 saturated heterocycles. The molecule has 6 aromatic heterocycles. The van der Waals surface area contributed by atoms with Crippen molar-refractivity contribution in [2.75, 3.05) is 0 Å². The Morgan fingerprint density at radius 2 is 0.738 bits per heavy atom. The summed E-state index contributed by atoms with van der Waals surface area (Å²) in [5.41, 5.74) is 3.15. The van der Waals surface area contributed by atoms with Crippen LogP contribution < -0.4 is 15.3 Å². The van der Waals surface area contributed by atoms with E-state index in [-0.39, 0.29) is 73.2 Å². The van der Waals surface area contributed by atoms with Crippen molar-refractivity contribution in [1.29, 1.82) is 0 Å². The third-order valence-electron chi connectivity index (χ3n) is 6.44. The number of rotatable bonds is 8. The van der Waals surface area contributed by atoms with Gasteiger partial charge in [-0.05, 0) is 106 Å². The summed E-state index contributed by atoms with van der Waals surface area (Å²) in [5.74, 6) is -9.13. The van der Waals surface area contributed by atoms with E-state index in [1.54, 1.807) is 28.5 Å². The standard InChI is InChI=1S/C14H10N4.3C8H5F3O2S.Sm/c1-3-9-15-11(5-1)13-7-8-14(18-17-13)12-6-2-4-10-16-12;3*9-8(10,11)7(13)4-5(12)6-2-1-3-14-6;/h1-10H;3*1-4,13H;/q;;;;+3/p-3/b;3*7-4-;. The minimum absolute atomic E-state index is 0. The van der Waals surface area contributed by atoms with Gasteiger partial charge in [0, 0.05) is 12.4 Å². The molecule has 61 heavy (non-hydrogen) atoms. The molecule has 6 rings (SSSR count). The second-order valence-corrected chi connectivity index (χ2v) is 13.6. The fourth-order valence-electron chi connectivity index (χ4n) is 3.71. The minimum Gasteiger partial charge on any atom is -0.869 e. The van der Waals surface area contributed by atoms with Crippen LogP contribution in [0.25, 0.3) is 22.8 Å². The molecule has 6 aromatic rings. The molecule has 0 aromatic carbocycles. The fraction of sp³-hybridized carbons (Fsp3) is 0.0789. The van der Waals surface area contributed by atoms with Gasteiger partial charge in [-0.3, -0.25) is 24.4 Å². The molecule has 317 valence electrons. The Morgan fingerprint density at radius 3 is 0.934 bits per heavy atom. The maximum atomic E-state index is 11.7. The van der Waals surface area contributed by atoms with Gasteiger partial charge in [-0.15, -0.1) is 44.2 Å². The van der Waals surface area contributed by atoms with Crippen molar-refractivity contribution < 1.29 is 110 Å². The number of alkyl halides is 9. The Labute approximate surface area is 383 Å². The molecular weight excluding hydrogens is 1030 g/mol. The predicted molar refractivity (Wildman–Crippen MR) is 197 cm³/mol. The number of pyridine rings is 2. The fourth-order valence-corrected chi connectivity index (χ4v) is 5.61. The number of ketones is 3. The van der Waals surface area contributed by atoms with E-state index in [2.05, 4.69) is 20.2 Å². The maximum Gasteiger partial charge on any atom is 3.00 e. The Morgan fingerprint density at radius 1 is 0.443 bits per heavy atom. The van der Waals surface area contributed by atoms with Gasteiger partial charge in [-0.2, -0.15) is 39.5 Å². The molecule has 23 heteroatoms. The van der Waals surface area contributed by atoms with E-state index in [9.17, 15) is 69.2 Å². The molecule has 0 saturated carbocycles. The summed E-state index contributed by atoms with van der Waals surface area (Å²) < 4.78 is 105. The van der Waals surface area contributed by atoms with Gasteiger partial charge in [-0.25, -0.2) is 0 Å². The molecule has 0 fully saturated rings. The number of nitrogens with zero attached hydrogens (tertiary/aromatic N) is 4. The molecule has 0 spiro atoms. The quantitative estimate of drug-likeness (QED) is 0.0634. The summed E-state index contributed by atoms with van der Waals surface area (Å²) >= 11 is 2.95. The maximum absolute atomic E-state index is 11.7. The molecule has 10 nitrogen and oxygen atoms in total. The van der Waals surface area contributed by atoms with Gasteiger partial charge in [0.2, 0.25) is 0 Å². The van der Waals surface area contributed by atoms with Crippen LogP contribution in [0.4, 0.5) is 39.5 Å². The third-order valence-corrected chi connectivity index (χ3v) is 9.09. The zero-order chi connectivity index (χ0) is 44.5. The number of allylic oxidation sites excluding steroid dienone is 6. The number of hydrogen-bond donors (Lipinski definition) is 0. The van der Waals surface area contributed by atoms with E-state index in [0.717, 1.165) is 56.8 Å². The van der Waals surface area contributed by atoms with Crippen LogP contribution in [0.3, 0.4) is 0 Å². The number of hydrogen-bond acceptors (Lipinski definition) is 13. The second-order valence-electron chi connectivity index (χ2n) is 10.8. The van der Waals surface area contributed by atoms with Crippen molar-refractivity contribution in [3.05, 3.63) is 164 Å². The summed E-state index contributed by atoms with van der Waals surface area (Å²) in [6.45, 7) is 0. The van der Waals surface area contributed by atoms with Gasteiger partial charge in [0.15, 0.2) is 17.3 Å². The Bertz CT molecular complexity index is 2130. The van der Waals surface area contributed by atoms with Crippen LogP contribution >= 0.6 is 34.0 Å². The van der Waals surface area contributed by atoms with Crippen molar-refractivity contribution in [2.45, 2.75) is 18.5 Å². The number of carbonyl (C=O) groups is 3.